The van der Waals surface area contributed by atoms with E-state index in [1.165, 1.54) is 14.2 Å². The lowest BCUT2D eigenvalue weighted by atomic mass is 10.2. The topological polar surface area (TPSA) is 78.9 Å². The van der Waals surface area contributed by atoms with Gasteiger partial charge in [0.1, 0.15) is 0 Å². The fourth-order valence-corrected chi connectivity index (χ4v) is 1.06. The molecule has 100 valence electrons. The van der Waals surface area contributed by atoms with Crippen LogP contribution in [0.25, 0.3) is 0 Å². The van der Waals surface area contributed by atoms with Crippen LogP contribution in [0.15, 0.2) is 0 Å². The van der Waals surface area contributed by atoms with Gasteiger partial charge in [-0.15, -0.1) is 0 Å². The molecule has 0 aromatic rings. The first-order valence-electron chi connectivity index (χ1n) is 4.88. The number of ether oxygens (including phenoxy) is 1. The summed E-state index contributed by atoms with van der Waals surface area (Å²) in [6.07, 6.45) is -3.56. The minimum absolute atomic E-state index is 0.0464. The van der Waals surface area contributed by atoms with Crippen molar-refractivity contribution in [2.24, 2.45) is 0 Å². The first-order chi connectivity index (χ1) is 7.86. The molecule has 1 unspecified atom stereocenters. The van der Waals surface area contributed by atoms with E-state index in [2.05, 4.69) is 5.32 Å². The molecule has 0 aliphatic carbocycles. The molecule has 0 bridgehead atoms. The molecule has 6 nitrogen and oxygen atoms in total. The van der Waals surface area contributed by atoms with Gasteiger partial charge < -0.3 is 20.1 Å². The zero-order valence-electron chi connectivity index (χ0n) is 9.65. The van der Waals surface area contributed by atoms with Crippen LogP contribution in [-0.2, 0) is 9.53 Å². The van der Waals surface area contributed by atoms with Crippen LogP contribution < -0.4 is 5.32 Å². The average Bonchev–Trinajstić information content (AvgIpc) is 2.22. The number of methoxy groups -OCH3 is 1. The molecule has 17 heavy (non-hydrogen) atoms. The van der Waals surface area contributed by atoms with Crippen LogP contribution in [0.1, 0.15) is 6.42 Å². The predicted octanol–water partition coefficient (Wildman–Crippen LogP) is 0.383. The minimum atomic E-state index is -2.61. The van der Waals surface area contributed by atoms with Gasteiger partial charge in [-0.2, -0.15) is 0 Å². The van der Waals surface area contributed by atoms with Crippen molar-refractivity contribution < 1.29 is 28.2 Å². The van der Waals surface area contributed by atoms with Gasteiger partial charge in [0.05, 0.1) is 19.1 Å². The summed E-state index contributed by atoms with van der Waals surface area (Å²) in [6, 6.07) is -0.697. The number of amides is 2. The second-order valence-electron chi connectivity index (χ2n) is 3.41. The number of alkyl halides is 2. The quantitative estimate of drug-likeness (QED) is 0.688. The summed E-state index contributed by atoms with van der Waals surface area (Å²) in [7, 11) is 2.53. The number of carboxylic acid groups (broad SMARTS) is 1. The van der Waals surface area contributed by atoms with Gasteiger partial charge >= 0.3 is 12.0 Å². The van der Waals surface area contributed by atoms with Crippen LogP contribution in [0.2, 0.25) is 0 Å². The van der Waals surface area contributed by atoms with E-state index in [-0.39, 0.29) is 13.0 Å². The Bertz CT molecular complexity index is 263. The number of carbonyl (C=O) groups excluding carboxylic acids is 1. The summed E-state index contributed by atoms with van der Waals surface area (Å²) < 4.78 is 28.7. The van der Waals surface area contributed by atoms with Gasteiger partial charge in [-0.3, -0.25) is 4.79 Å². The number of carboxylic acids is 1. The lowest BCUT2D eigenvalue weighted by Gasteiger charge is -2.19. The van der Waals surface area contributed by atoms with E-state index >= 15 is 0 Å². The highest BCUT2D eigenvalue weighted by Crippen LogP contribution is 1.98. The third kappa shape index (κ3) is 7.45. The maximum absolute atomic E-state index is 12.0. The van der Waals surface area contributed by atoms with E-state index in [4.69, 9.17) is 9.84 Å². The molecular weight excluding hydrogens is 238 g/mol. The molecule has 0 heterocycles. The molecule has 0 aliphatic heterocycles. The Morgan fingerprint density at radius 3 is 2.47 bits per heavy atom. The van der Waals surface area contributed by atoms with Crippen molar-refractivity contribution in [2.45, 2.75) is 19.0 Å². The zero-order valence-corrected chi connectivity index (χ0v) is 9.65. The molecule has 2 N–H and O–H groups in total. The monoisotopic (exact) mass is 254 g/mol. The van der Waals surface area contributed by atoms with Crippen LogP contribution in [0.4, 0.5) is 13.6 Å². The average molecular weight is 254 g/mol. The van der Waals surface area contributed by atoms with Crippen LogP contribution >= 0.6 is 0 Å². The molecule has 0 aliphatic rings. The molecule has 0 aromatic heterocycles. The highest BCUT2D eigenvalue weighted by molar-refractivity contribution is 5.74. The molecule has 8 heteroatoms. The molecule has 0 aromatic carbocycles. The Morgan fingerprint density at radius 2 is 2.06 bits per heavy atom. The molecular formula is C9H16F2N2O4. The number of halogens is 2. The lowest BCUT2D eigenvalue weighted by Crippen LogP contribution is -2.43. The number of urea groups is 1. The van der Waals surface area contributed by atoms with E-state index < -0.39 is 31.1 Å². The first kappa shape index (κ1) is 15.6. The Balaban J connectivity index is 3.99. The molecule has 0 saturated carbocycles. The highest BCUT2D eigenvalue weighted by atomic mass is 19.3. The molecule has 1 atom stereocenters. The number of carbonyl (C=O) groups is 2. The van der Waals surface area contributed by atoms with Crippen molar-refractivity contribution in [1.29, 1.82) is 0 Å². The fourth-order valence-electron chi connectivity index (χ4n) is 1.06. The summed E-state index contributed by atoms with van der Waals surface area (Å²) in [5, 5.41) is 10.8. The van der Waals surface area contributed by atoms with E-state index in [1.54, 1.807) is 0 Å². The summed E-state index contributed by atoms with van der Waals surface area (Å²) in [6.45, 7) is -0.725. The van der Waals surface area contributed by atoms with Crippen LogP contribution in [0.5, 0.6) is 0 Å². The lowest BCUT2D eigenvalue weighted by molar-refractivity contribution is -0.139. The smallest absolute Gasteiger partial charge is 0.317 e. The number of rotatable bonds is 7. The maximum atomic E-state index is 12.0. The van der Waals surface area contributed by atoms with E-state index in [9.17, 15) is 18.4 Å². The first-order valence-corrected chi connectivity index (χ1v) is 4.88. The van der Waals surface area contributed by atoms with Crippen molar-refractivity contribution in [3.8, 4) is 0 Å². The van der Waals surface area contributed by atoms with Crippen LogP contribution in [-0.4, -0.2) is 61.8 Å². The van der Waals surface area contributed by atoms with Gasteiger partial charge in [-0.25, -0.2) is 13.6 Å². The van der Waals surface area contributed by atoms with Crippen LogP contribution in [0, 0.1) is 0 Å². The summed E-state index contributed by atoms with van der Waals surface area (Å²) in [5.41, 5.74) is 0. The minimum Gasteiger partial charge on any atom is -0.481 e. The molecule has 2 amide bonds. The van der Waals surface area contributed by atoms with Gasteiger partial charge in [-0.05, 0) is 0 Å². The summed E-state index contributed by atoms with van der Waals surface area (Å²) in [4.78, 5) is 22.5. The van der Waals surface area contributed by atoms with E-state index in [0.717, 1.165) is 4.90 Å². The number of aliphatic carboxylic acids is 1. The van der Waals surface area contributed by atoms with Crippen molar-refractivity contribution in [2.75, 3.05) is 27.2 Å². The second kappa shape index (κ2) is 7.77. The molecule has 0 radical (unpaired) electrons. The third-order valence-corrected chi connectivity index (χ3v) is 1.98. The van der Waals surface area contributed by atoms with E-state index in [0.29, 0.717) is 0 Å². The SMILES string of the molecule is COC(CNC(=O)N(C)CC(F)F)CC(=O)O. The van der Waals surface area contributed by atoms with Gasteiger partial charge in [0, 0.05) is 20.7 Å². The second-order valence-corrected chi connectivity index (χ2v) is 3.41. The normalized spacial score (nSPS) is 12.3. The Kier molecular flexibility index (Phi) is 7.11. The van der Waals surface area contributed by atoms with Crippen molar-refractivity contribution in [3.63, 3.8) is 0 Å². The Labute approximate surface area is 97.5 Å². The molecule has 0 saturated heterocycles. The van der Waals surface area contributed by atoms with Crippen LogP contribution in [0.3, 0.4) is 0 Å². The van der Waals surface area contributed by atoms with Crippen molar-refractivity contribution >= 4 is 12.0 Å². The summed E-state index contributed by atoms with van der Waals surface area (Å²) >= 11 is 0. The van der Waals surface area contributed by atoms with Gasteiger partial charge in [-0.1, -0.05) is 0 Å². The summed E-state index contributed by atoms with van der Waals surface area (Å²) in [5.74, 6) is -1.06. The maximum Gasteiger partial charge on any atom is 0.317 e. The fraction of sp³-hybridized carbons (Fsp3) is 0.778. The highest BCUT2D eigenvalue weighted by Gasteiger charge is 2.17. The number of nitrogens with one attached hydrogen (secondary N) is 1. The van der Waals surface area contributed by atoms with Crippen molar-refractivity contribution in [1.82, 2.24) is 10.2 Å². The largest absolute Gasteiger partial charge is 0.481 e. The molecule has 0 spiro atoms. The molecule has 0 fully saturated rings. The standard InChI is InChI=1S/C9H16F2N2O4/c1-13(5-7(10)11)9(16)12-4-6(17-2)3-8(14)15/h6-7H,3-5H2,1-2H3,(H,12,16)(H,14,15). The molecule has 0 rings (SSSR count). The van der Waals surface area contributed by atoms with Gasteiger partial charge in [0.25, 0.3) is 6.43 Å². The number of hydrogen-bond donors (Lipinski definition) is 2. The number of hydrogen-bond acceptors (Lipinski definition) is 3. The Morgan fingerprint density at radius 1 is 1.47 bits per heavy atom. The Hall–Kier alpha value is -1.44. The zero-order chi connectivity index (χ0) is 13.4. The van der Waals surface area contributed by atoms with Gasteiger partial charge in [0.2, 0.25) is 0 Å². The third-order valence-electron chi connectivity index (χ3n) is 1.98. The van der Waals surface area contributed by atoms with Crippen molar-refractivity contribution in [3.05, 3.63) is 0 Å². The number of nitrogens with zero attached hydrogens (tertiary/aromatic N) is 1. The van der Waals surface area contributed by atoms with Gasteiger partial charge in [0.15, 0.2) is 0 Å². The predicted molar refractivity (Wildman–Crippen MR) is 55.1 cm³/mol. The van der Waals surface area contributed by atoms with E-state index in [1.807, 2.05) is 0 Å².